The van der Waals surface area contributed by atoms with Gasteiger partial charge < -0.3 is 9.64 Å². The maximum atomic E-state index is 13.2. The van der Waals surface area contributed by atoms with Gasteiger partial charge in [-0.05, 0) is 36.8 Å². The van der Waals surface area contributed by atoms with Gasteiger partial charge in [-0.15, -0.1) is 11.3 Å². The first-order chi connectivity index (χ1) is 13.4. The second-order valence-corrected chi connectivity index (χ2v) is 8.22. The van der Waals surface area contributed by atoms with E-state index in [4.69, 9.17) is 4.74 Å². The summed E-state index contributed by atoms with van der Waals surface area (Å²) >= 11 is 1.54. The predicted octanol–water partition coefficient (Wildman–Crippen LogP) is 5.65. The van der Waals surface area contributed by atoms with Crippen molar-refractivity contribution in [3.63, 3.8) is 0 Å². The summed E-state index contributed by atoms with van der Waals surface area (Å²) in [7, 11) is 1.57. The summed E-state index contributed by atoms with van der Waals surface area (Å²) < 4.78 is 45.0. The van der Waals surface area contributed by atoms with Crippen LogP contribution < -0.4 is 4.74 Å². The van der Waals surface area contributed by atoms with Crippen LogP contribution in [0.2, 0.25) is 0 Å². The van der Waals surface area contributed by atoms with Gasteiger partial charge >= 0.3 is 6.18 Å². The molecule has 3 rings (SSSR count). The van der Waals surface area contributed by atoms with Gasteiger partial charge in [0.1, 0.15) is 5.75 Å². The molecule has 3 nitrogen and oxygen atoms in total. The molecule has 2 unspecified atom stereocenters. The number of hydrogen-bond donors (Lipinski definition) is 0. The Morgan fingerprint density at radius 1 is 1.18 bits per heavy atom. The Hall–Kier alpha value is -2.02. The third kappa shape index (κ3) is 5.07. The fourth-order valence-electron chi connectivity index (χ4n) is 3.81. The molecule has 1 fully saturated rings. The second-order valence-electron chi connectivity index (χ2n) is 7.19. The number of ether oxygens (including phenoxy) is 1. The molecular weight excluding hydrogens is 387 g/mol. The first-order valence-electron chi connectivity index (χ1n) is 9.38. The van der Waals surface area contributed by atoms with E-state index in [0.717, 1.165) is 10.4 Å². The molecule has 1 aromatic heterocycles. The summed E-state index contributed by atoms with van der Waals surface area (Å²) in [6.45, 7) is 0.704. The van der Waals surface area contributed by atoms with E-state index in [1.54, 1.807) is 12.0 Å². The third-order valence-electron chi connectivity index (χ3n) is 5.28. The lowest BCUT2D eigenvalue weighted by atomic mass is 9.80. The number of benzene rings is 1. The SMILES string of the molecule is COc1ccccc1CN(Cc1cccs1)C(=O)C1CCCC(C(F)(F)F)C1. The van der Waals surface area contributed by atoms with E-state index >= 15 is 0 Å². The van der Waals surface area contributed by atoms with Crippen molar-refractivity contribution in [2.75, 3.05) is 7.11 Å². The molecule has 1 amide bonds. The maximum Gasteiger partial charge on any atom is 0.391 e. The van der Waals surface area contributed by atoms with Gasteiger partial charge in [-0.3, -0.25) is 4.79 Å². The zero-order valence-corrected chi connectivity index (χ0v) is 16.6. The monoisotopic (exact) mass is 411 g/mol. The molecular formula is C21H24F3NO2S. The number of methoxy groups -OCH3 is 1. The number of carbonyl (C=O) groups excluding carboxylic acids is 1. The largest absolute Gasteiger partial charge is 0.496 e. The number of hydrogen-bond acceptors (Lipinski definition) is 3. The van der Waals surface area contributed by atoms with E-state index in [9.17, 15) is 18.0 Å². The molecule has 0 spiro atoms. The van der Waals surface area contributed by atoms with Gasteiger partial charge in [-0.2, -0.15) is 13.2 Å². The van der Waals surface area contributed by atoms with Crippen molar-refractivity contribution in [3.8, 4) is 5.75 Å². The molecule has 0 bridgehead atoms. The maximum absolute atomic E-state index is 13.2. The summed E-state index contributed by atoms with van der Waals surface area (Å²) in [5, 5.41) is 1.93. The molecule has 2 aromatic rings. The van der Waals surface area contributed by atoms with Crippen LogP contribution in [-0.4, -0.2) is 24.1 Å². The number of amides is 1. The minimum absolute atomic E-state index is 0.116. The van der Waals surface area contributed by atoms with Gasteiger partial charge in [0.05, 0.1) is 19.6 Å². The molecule has 1 aliphatic rings. The molecule has 0 saturated heterocycles. The van der Waals surface area contributed by atoms with Gasteiger partial charge in [0, 0.05) is 22.9 Å². The minimum Gasteiger partial charge on any atom is -0.496 e. The van der Waals surface area contributed by atoms with E-state index in [1.807, 2.05) is 41.8 Å². The Balaban J connectivity index is 1.80. The van der Waals surface area contributed by atoms with E-state index in [-0.39, 0.29) is 18.7 Å². The smallest absolute Gasteiger partial charge is 0.391 e. The lowest BCUT2D eigenvalue weighted by Crippen LogP contribution is -2.39. The molecule has 1 heterocycles. The quantitative estimate of drug-likeness (QED) is 0.614. The second kappa shape index (κ2) is 8.99. The van der Waals surface area contributed by atoms with Crippen molar-refractivity contribution in [1.82, 2.24) is 4.90 Å². The van der Waals surface area contributed by atoms with E-state index < -0.39 is 18.0 Å². The molecule has 2 atom stereocenters. The van der Waals surface area contributed by atoms with Gasteiger partial charge in [0.25, 0.3) is 0 Å². The zero-order valence-electron chi connectivity index (χ0n) is 15.7. The number of halogens is 3. The highest BCUT2D eigenvalue weighted by Crippen LogP contribution is 2.40. The van der Waals surface area contributed by atoms with E-state index in [1.165, 1.54) is 11.3 Å². The molecule has 0 aliphatic heterocycles. The molecule has 28 heavy (non-hydrogen) atoms. The topological polar surface area (TPSA) is 29.5 Å². The number of para-hydroxylation sites is 1. The van der Waals surface area contributed by atoms with Gasteiger partial charge in [0.2, 0.25) is 5.91 Å². The first kappa shape index (κ1) is 20.7. The molecule has 152 valence electrons. The van der Waals surface area contributed by atoms with E-state index in [2.05, 4.69) is 0 Å². The molecule has 1 aromatic carbocycles. The number of rotatable bonds is 6. The number of carbonyl (C=O) groups is 1. The summed E-state index contributed by atoms with van der Waals surface area (Å²) in [4.78, 5) is 15.9. The lowest BCUT2D eigenvalue weighted by molar-refractivity contribution is -0.187. The van der Waals surface area contributed by atoms with Crippen LogP contribution in [-0.2, 0) is 17.9 Å². The summed E-state index contributed by atoms with van der Waals surface area (Å²) in [5.41, 5.74) is 0.845. The third-order valence-corrected chi connectivity index (χ3v) is 6.14. The van der Waals surface area contributed by atoms with Crippen LogP contribution in [0.5, 0.6) is 5.75 Å². The highest BCUT2D eigenvalue weighted by molar-refractivity contribution is 7.09. The Kier molecular flexibility index (Phi) is 6.65. The van der Waals surface area contributed by atoms with Crippen LogP contribution in [0.15, 0.2) is 41.8 Å². The predicted molar refractivity (Wildman–Crippen MR) is 103 cm³/mol. The van der Waals surface area contributed by atoms with E-state index in [0.29, 0.717) is 31.7 Å². The molecule has 7 heteroatoms. The standard InChI is InChI=1S/C21H24F3NO2S/c1-27-19-10-3-2-6-16(19)13-25(14-18-9-5-11-28-18)20(26)15-7-4-8-17(12-15)21(22,23)24/h2-3,5-6,9-11,15,17H,4,7-8,12-14H2,1H3. The van der Waals surface area contributed by atoms with Crippen molar-refractivity contribution < 1.29 is 22.7 Å². The lowest BCUT2D eigenvalue weighted by Gasteiger charge is -2.33. The van der Waals surface area contributed by atoms with Crippen LogP contribution in [0, 0.1) is 11.8 Å². The Bertz CT molecular complexity index is 776. The summed E-state index contributed by atoms with van der Waals surface area (Å²) in [5.74, 6) is -1.50. The average Bonchev–Trinajstić information content (AvgIpc) is 3.20. The highest BCUT2D eigenvalue weighted by atomic mass is 32.1. The fraction of sp³-hybridized carbons (Fsp3) is 0.476. The van der Waals surface area contributed by atoms with Crippen LogP contribution in [0.1, 0.15) is 36.1 Å². The van der Waals surface area contributed by atoms with Crippen molar-refractivity contribution in [3.05, 3.63) is 52.2 Å². The highest BCUT2D eigenvalue weighted by Gasteiger charge is 2.44. The molecule has 1 saturated carbocycles. The first-order valence-corrected chi connectivity index (χ1v) is 10.3. The molecule has 0 radical (unpaired) electrons. The van der Waals surface area contributed by atoms with Crippen molar-refractivity contribution >= 4 is 17.2 Å². The van der Waals surface area contributed by atoms with Crippen molar-refractivity contribution in [1.29, 1.82) is 0 Å². The van der Waals surface area contributed by atoms with Crippen molar-refractivity contribution in [2.45, 2.75) is 44.9 Å². The number of nitrogens with zero attached hydrogens (tertiary/aromatic N) is 1. The van der Waals surface area contributed by atoms with Crippen LogP contribution in [0.25, 0.3) is 0 Å². The van der Waals surface area contributed by atoms with Gasteiger partial charge in [0.15, 0.2) is 0 Å². The Morgan fingerprint density at radius 2 is 1.96 bits per heavy atom. The summed E-state index contributed by atoms with van der Waals surface area (Å²) in [6, 6.07) is 11.3. The van der Waals surface area contributed by atoms with Gasteiger partial charge in [-0.25, -0.2) is 0 Å². The number of thiophene rings is 1. The normalized spacial score (nSPS) is 20.0. The average molecular weight is 411 g/mol. The minimum atomic E-state index is -4.24. The summed E-state index contributed by atoms with van der Waals surface area (Å²) in [6.07, 6.45) is -3.29. The Labute approximate surface area is 167 Å². The van der Waals surface area contributed by atoms with Crippen LogP contribution in [0.4, 0.5) is 13.2 Å². The molecule has 1 aliphatic carbocycles. The van der Waals surface area contributed by atoms with Crippen molar-refractivity contribution in [2.24, 2.45) is 11.8 Å². The fourth-order valence-corrected chi connectivity index (χ4v) is 4.53. The molecule has 0 N–H and O–H groups in total. The van der Waals surface area contributed by atoms with Crippen LogP contribution >= 0.6 is 11.3 Å². The Morgan fingerprint density at radius 3 is 2.64 bits per heavy atom. The van der Waals surface area contributed by atoms with Crippen LogP contribution in [0.3, 0.4) is 0 Å². The number of alkyl halides is 3. The van der Waals surface area contributed by atoms with Gasteiger partial charge in [-0.1, -0.05) is 30.7 Å². The zero-order chi connectivity index (χ0) is 20.1.